The number of rotatable bonds is 5. The van der Waals surface area contributed by atoms with Gasteiger partial charge < -0.3 is 10.1 Å². The van der Waals surface area contributed by atoms with E-state index in [1.54, 1.807) is 7.11 Å². The van der Waals surface area contributed by atoms with Crippen molar-refractivity contribution in [2.45, 2.75) is 51.5 Å². The van der Waals surface area contributed by atoms with Crippen LogP contribution in [0.4, 0.5) is 0 Å². The summed E-state index contributed by atoms with van der Waals surface area (Å²) in [5, 5.41) is 3.70. The van der Waals surface area contributed by atoms with E-state index in [0.717, 1.165) is 18.2 Å². The normalized spacial score (nSPS) is 18.6. The molecule has 1 saturated carbocycles. The number of benzene rings is 1. The lowest BCUT2D eigenvalue weighted by Crippen LogP contribution is -2.28. The Bertz CT molecular complexity index is 413. The van der Waals surface area contributed by atoms with Gasteiger partial charge in [0.15, 0.2) is 0 Å². The lowest BCUT2D eigenvalue weighted by Gasteiger charge is -2.28. The Labute approximate surface area is 131 Å². The minimum atomic E-state index is 0.433. The molecule has 1 N–H and O–H groups in total. The van der Waals surface area contributed by atoms with Gasteiger partial charge in [-0.2, -0.15) is 0 Å². The molecule has 0 amide bonds. The van der Waals surface area contributed by atoms with Gasteiger partial charge >= 0.3 is 0 Å². The smallest absolute Gasteiger partial charge is 0.119 e. The third-order valence-corrected chi connectivity index (χ3v) is 5.06. The van der Waals surface area contributed by atoms with Crippen molar-refractivity contribution < 1.29 is 4.74 Å². The second kappa shape index (κ2) is 8.04. The van der Waals surface area contributed by atoms with Crippen LogP contribution in [0.2, 0.25) is 0 Å². The Kier molecular flexibility index (Phi) is 6.37. The molecule has 0 heterocycles. The molecule has 1 aliphatic rings. The average Bonchev–Trinajstić information content (AvgIpc) is 2.75. The highest BCUT2D eigenvalue weighted by Gasteiger charge is 2.25. The maximum absolute atomic E-state index is 5.40. The summed E-state index contributed by atoms with van der Waals surface area (Å²) in [6, 6.07) is 6.74. The molecule has 0 spiro atoms. The zero-order valence-electron chi connectivity index (χ0n) is 12.6. The summed E-state index contributed by atoms with van der Waals surface area (Å²) in [7, 11) is 1.74. The molecule has 0 saturated heterocycles. The van der Waals surface area contributed by atoms with Crippen LogP contribution in [0, 0.1) is 5.92 Å². The van der Waals surface area contributed by atoms with Crippen molar-refractivity contribution in [3.8, 4) is 5.75 Å². The average molecular weight is 340 g/mol. The van der Waals surface area contributed by atoms with Crippen LogP contribution in [0.1, 0.15) is 57.1 Å². The van der Waals surface area contributed by atoms with Crippen molar-refractivity contribution >= 4 is 15.9 Å². The van der Waals surface area contributed by atoms with Crippen LogP contribution in [0.25, 0.3) is 0 Å². The quantitative estimate of drug-likeness (QED) is 0.755. The third kappa shape index (κ3) is 3.98. The van der Waals surface area contributed by atoms with Crippen LogP contribution in [0.3, 0.4) is 0 Å². The molecule has 0 aliphatic heterocycles. The SMILES string of the molecule is CCNC(c1cc(OC)ccc1Br)C1CCCCCC1. The molecule has 112 valence electrons. The molecule has 2 rings (SSSR count). The van der Waals surface area contributed by atoms with E-state index in [2.05, 4.69) is 40.3 Å². The molecule has 0 bridgehead atoms. The van der Waals surface area contributed by atoms with Gasteiger partial charge in [0.05, 0.1) is 7.11 Å². The van der Waals surface area contributed by atoms with E-state index in [4.69, 9.17) is 4.74 Å². The van der Waals surface area contributed by atoms with Gasteiger partial charge in [-0.05, 0) is 49.1 Å². The molecule has 1 aromatic rings. The minimum Gasteiger partial charge on any atom is -0.497 e. The molecule has 1 aromatic carbocycles. The topological polar surface area (TPSA) is 21.3 Å². The molecule has 2 nitrogen and oxygen atoms in total. The number of halogens is 1. The van der Waals surface area contributed by atoms with Crippen molar-refractivity contribution in [1.82, 2.24) is 5.32 Å². The first-order valence-electron chi connectivity index (χ1n) is 7.83. The Balaban J connectivity index is 2.26. The number of nitrogens with one attached hydrogen (secondary N) is 1. The first-order chi connectivity index (χ1) is 9.76. The van der Waals surface area contributed by atoms with Crippen LogP contribution in [-0.4, -0.2) is 13.7 Å². The summed E-state index contributed by atoms with van der Waals surface area (Å²) in [5.41, 5.74) is 1.35. The maximum Gasteiger partial charge on any atom is 0.119 e. The Morgan fingerprint density at radius 1 is 1.25 bits per heavy atom. The third-order valence-electron chi connectivity index (χ3n) is 4.33. The Morgan fingerprint density at radius 2 is 1.95 bits per heavy atom. The van der Waals surface area contributed by atoms with Crippen molar-refractivity contribution in [3.63, 3.8) is 0 Å². The molecule has 1 unspecified atom stereocenters. The lowest BCUT2D eigenvalue weighted by atomic mass is 9.87. The van der Waals surface area contributed by atoms with Crippen LogP contribution in [-0.2, 0) is 0 Å². The standard InChI is InChI=1S/C17H26BrNO/c1-3-19-17(13-8-6-4-5-7-9-13)15-12-14(20-2)10-11-16(15)18/h10-13,17,19H,3-9H2,1-2H3. The fourth-order valence-electron chi connectivity index (χ4n) is 3.28. The van der Waals surface area contributed by atoms with Crippen LogP contribution in [0.15, 0.2) is 22.7 Å². The number of hydrogen-bond donors (Lipinski definition) is 1. The van der Waals surface area contributed by atoms with Crippen LogP contribution in [0.5, 0.6) is 5.75 Å². The van der Waals surface area contributed by atoms with E-state index < -0.39 is 0 Å². The van der Waals surface area contributed by atoms with E-state index in [1.807, 2.05) is 6.07 Å². The van der Waals surface area contributed by atoms with Crippen molar-refractivity contribution in [2.75, 3.05) is 13.7 Å². The van der Waals surface area contributed by atoms with Gasteiger partial charge in [0, 0.05) is 10.5 Å². The molecule has 0 radical (unpaired) electrons. The highest BCUT2D eigenvalue weighted by atomic mass is 79.9. The van der Waals surface area contributed by atoms with E-state index in [9.17, 15) is 0 Å². The minimum absolute atomic E-state index is 0.433. The summed E-state index contributed by atoms with van der Waals surface area (Å²) < 4.78 is 6.59. The molecular formula is C17H26BrNO. The zero-order valence-corrected chi connectivity index (χ0v) is 14.2. The molecule has 0 aromatic heterocycles. The number of hydrogen-bond acceptors (Lipinski definition) is 2. The molecule has 3 heteroatoms. The van der Waals surface area contributed by atoms with E-state index in [0.29, 0.717) is 6.04 Å². The van der Waals surface area contributed by atoms with E-state index in [-0.39, 0.29) is 0 Å². The summed E-state index contributed by atoms with van der Waals surface area (Å²) in [5.74, 6) is 1.68. The zero-order chi connectivity index (χ0) is 14.4. The number of ether oxygens (including phenoxy) is 1. The van der Waals surface area contributed by atoms with Gasteiger partial charge in [-0.25, -0.2) is 0 Å². The van der Waals surface area contributed by atoms with Gasteiger partial charge in [0.1, 0.15) is 5.75 Å². The van der Waals surface area contributed by atoms with Crippen molar-refractivity contribution in [2.24, 2.45) is 5.92 Å². The van der Waals surface area contributed by atoms with Gasteiger partial charge in [-0.15, -0.1) is 0 Å². The fourth-order valence-corrected chi connectivity index (χ4v) is 3.78. The van der Waals surface area contributed by atoms with E-state index >= 15 is 0 Å². The summed E-state index contributed by atoms with van der Waals surface area (Å²) >= 11 is 3.72. The monoisotopic (exact) mass is 339 g/mol. The summed E-state index contributed by atoms with van der Waals surface area (Å²) in [6.45, 7) is 3.20. The highest BCUT2D eigenvalue weighted by Crippen LogP contribution is 2.37. The summed E-state index contributed by atoms with van der Waals surface area (Å²) in [4.78, 5) is 0. The molecule has 1 aliphatic carbocycles. The predicted molar refractivity (Wildman–Crippen MR) is 88.3 cm³/mol. The molecule has 20 heavy (non-hydrogen) atoms. The largest absolute Gasteiger partial charge is 0.497 e. The van der Waals surface area contributed by atoms with Crippen molar-refractivity contribution in [3.05, 3.63) is 28.2 Å². The second-order valence-corrected chi connectivity index (χ2v) is 6.53. The first-order valence-corrected chi connectivity index (χ1v) is 8.62. The Hall–Kier alpha value is -0.540. The molecule has 1 fully saturated rings. The Morgan fingerprint density at radius 3 is 2.55 bits per heavy atom. The van der Waals surface area contributed by atoms with Gasteiger partial charge in [-0.3, -0.25) is 0 Å². The fraction of sp³-hybridized carbons (Fsp3) is 0.647. The van der Waals surface area contributed by atoms with Gasteiger partial charge in [-0.1, -0.05) is 48.5 Å². The second-order valence-electron chi connectivity index (χ2n) is 5.67. The predicted octanol–water partition coefficient (Wildman–Crippen LogP) is 5.08. The maximum atomic E-state index is 5.40. The number of methoxy groups -OCH3 is 1. The van der Waals surface area contributed by atoms with Crippen LogP contribution < -0.4 is 10.1 Å². The molecular weight excluding hydrogens is 314 g/mol. The molecule has 1 atom stereocenters. The van der Waals surface area contributed by atoms with Gasteiger partial charge in [0.2, 0.25) is 0 Å². The van der Waals surface area contributed by atoms with Crippen LogP contribution >= 0.6 is 15.9 Å². The lowest BCUT2D eigenvalue weighted by molar-refractivity contribution is 0.327. The highest BCUT2D eigenvalue weighted by molar-refractivity contribution is 9.10. The van der Waals surface area contributed by atoms with Crippen molar-refractivity contribution in [1.29, 1.82) is 0 Å². The summed E-state index contributed by atoms with van der Waals surface area (Å²) in [6.07, 6.45) is 8.20. The van der Waals surface area contributed by atoms with Gasteiger partial charge in [0.25, 0.3) is 0 Å². The first kappa shape index (κ1) is 15.8. The van der Waals surface area contributed by atoms with E-state index in [1.165, 1.54) is 48.6 Å².